The Morgan fingerprint density at radius 2 is 2.05 bits per heavy atom. The van der Waals surface area contributed by atoms with Crippen LogP contribution in [-0.4, -0.2) is 7.11 Å². The van der Waals surface area contributed by atoms with Crippen LogP contribution in [0.2, 0.25) is 0 Å². The van der Waals surface area contributed by atoms with Crippen LogP contribution in [0.4, 0.5) is 5.69 Å². The lowest BCUT2D eigenvalue weighted by Gasteiger charge is -2.07. The number of benzene rings is 2. The van der Waals surface area contributed by atoms with Crippen molar-refractivity contribution in [3.8, 4) is 11.8 Å². The molecule has 0 amide bonds. The van der Waals surface area contributed by atoms with E-state index in [-0.39, 0.29) is 0 Å². The van der Waals surface area contributed by atoms with Gasteiger partial charge < -0.3 is 10.5 Å². The fraction of sp³-hybridized carbons (Fsp3) is 0.188. The molecule has 20 heavy (non-hydrogen) atoms. The highest BCUT2D eigenvalue weighted by Gasteiger charge is 2.04. The number of rotatable bonds is 4. The molecule has 0 saturated heterocycles. The monoisotopic (exact) mass is 284 g/mol. The Bertz CT molecular complexity index is 662. The van der Waals surface area contributed by atoms with Crippen molar-refractivity contribution in [3.05, 3.63) is 53.1 Å². The van der Waals surface area contributed by atoms with Gasteiger partial charge in [0.1, 0.15) is 11.8 Å². The predicted octanol–water partition coefficient (Wildman–Crippen LogP) is 3.75. The number of nitrogen functional groups attached to an aromatic ring is 1. The minimum atomic E-state index is 0.569. The van der Waals surface area contributed by atoms with Crippen molar-refractivity contribution in [1.29, 1.82) is 5.26 Å². The number of nitrogens with zero attached hydrogens (tertiary/aromatic N) is 1. The van der Waals surface area contributed by atoms with Gasteiger partial charge in [0.15, 0.2) is 0 Å². The number of methoxy groups -OCH3 is 1. The third kappa shape index (κ3) is 3.25. The lowest BCUT2D eigenvalue weighted by molar-refractivity contribution is 0.413. The molecule has 0 heterocycles. The number of aryl methyl sites for hydroxylation is 1. The van der Waals surface area contributed by atoms with E-state index < -0.39 is 0 Å². The number of nitriles is 1. The van der Waals surface area contributed by atoms with Gasteiger partial charge in [0.2, 0.25) is 0 Å². The topological polar surface area (TPSA) is 59.0 Å². The van der Waals surface area contributed by atoms with Crippen molar-refractivity contribution in [2.45, 2.75) is 17.6 Å². The van der Waals surface area contributed by atoms with Gasteiger partial charge in [0.05, 0.1) is 12.7 Å². The average molecular weight is 284 g/mol. The number of hydrogen-bond donors (Lipinski definition) is 1. The number of hydrogen-bond acceptors (Lipinski definition) is 4. The summed E-state index contributed by atoms with van der Waals surface area (Å²) in [6.45, 7) is 2.00. The molecular formula is C16H16N2OS. The molecule has 0 radical (unpaired) electrons. The van der Waals surface area contributed by atoms with Gasteiger partial charge in [-0.2, -0.15) is 5.26 Å². The second kappa shape index (κ2) is 6.36. The molecule has 2 aromatic rings. The fourth-order valence-corrected chi connectivity index (χ4v) is 2.77. The van der Waals surface area contributed by atoms with E-state index in [1.165, 1.54) is 4.90 Å². The van der Waals surface area contributed by atoms with Crippen molar-refractivity contribution >= 4 is 17.4 Å². The summed E-state index contributed by atoms with van der Waals surface area (Å²) in [5, 5.41) is 9.08. The Hall–Kier alpha value is -2.12. The van der Waals surface area contributed by atoms with Gasteiger partial charge in [-0.1, -0.05) is 6.07 Å². The molecule has 0 spiro atoms. The highest BCUT2D eigenvalue weighted by atomic mass is 32.2. The first-order valence-corrected chi connectivity index (χ1v) is 7.18. The van der Waals surface area contributed by atoms with E-state index in [0.717, 1.165) is 22.6 Å². The molecule has 0 unspecified atom stereocenters. The van der Waals surface area contributed by atoms with Crippen molar-refractivity contribution in [2.75, 3.05) is 12.8 Å². The minimum Gasteiger partial charge on any atom is -0.495 e. The maximum Gasteiger partial charge on any atom is 0.136 e. The first-order valence-electron chi connectivity index (χ1n) is 6.20. The summed E-state index contributed by atoms with van der Waals surface area (Å²) in [6, 6.07) is 13.9. The molecule has 3 nitrogen and oxygen atoms in total. The van der Waals surface area contributed by atoms with Crippen LogP contribution in [0.3, 0.4) is 0 Å². The zero-order valence-corrected chi connectivity index (χ0v) is 12.3. The van der Waals surface area contributed by atoms with E-state index in [9.17, 15) is 0 Å². The van der Waals surface area contributed by atoms with E-state index in [1.54, 1.807) is 18.9 Å². The van der Waals surface area contributed by atoms with Crippen molar-refractivity contribution in [3.63, 3.8) is 0 Å². The fourth-order valence-electron chi connectivity index (χ4n) is 1.84. The first kappa shape index (κ1) is 14.3. The van der Waals surface area contributed by atoms with E-state index in [2.05, 4.69) is 12.1 Å². The quantitative estimate of drug-likeness (QED) is 0.686. The van der Waals surface area contributed by atoms with Crippen LogP contribution in [0, 0.1) is 18.3 Å². The van der Waals surface area contributed by atoms with Gasteiger partial charge in [-0.3, -0.25) is 0 Å². The zero-order valence-electron chi connectivity index (χ0n) is 11.5. The largest absolute Gasteiger partial charge is 0.495 e. The summed E-state index contributed by atoms with van der Waals surface area (Å²) >= 11 is 1.72. The SMILES string of the molecule is COc1ccc(CSc2ccc(N)c(C)c2)cc1C#N. The first-order chi connectivity index (χ1) is 9.63. The smallest absolute Gasteiger partial charge is 0.136 e. The number of ether oxygens (including phenoxy) is 1. The Morgan fingerprint density at radius 1 is 1.25 bits per heavy atom. The summed E-state index contributed by atoms with van der Waals surface area (Å²) in [4.78, 5) is 1.17. The third-order valence-electron chi connectivity index (χ3n) is 3.03. The highest BCUT2D eigenvalue weighted by Crippen LogP contribution is 2.27. The van der Waals surface area contributed by atoms with E-state index in [1.807, 2.05) is 37.3 Å². The van der Waals surface area contributed by atoms with Crippen molar-refractivity contribution in [2.24, 2.45) is 0 Å². The summed E-state index contributed by atoms with van der Waals surface area (Å²) in [5.41, 5.74) is 9.37. The molecule has 0 fully saturated rings. The lowest BCUT2D eigenvalue weighted by Crippen LogP contribution is -1.91. The molecule has 0 aliphatic heterocycles. The minimum absolute atomic E-state index is 0.569. The molecule has 2 N–H and O–H groups in total. The lowest BCUT2D eigenvalue weighted by atomic mass is 10.1. The number of anilines is 1. The Labute approximate surface area is 123 Å². The van der Waals surface area contributed by atoms with Gasteiger partial charge in [0.25, 0.3) is 0 Å². The second-order valence-electron chi connectivity index (χ2n) is 4.45. The van der Waals surface area contributed by atoms with Crippen LogP contribution in [-0.2, 0) is 5.75 Å². The molecule has 0 aromatic heterocycles. The highest BCUT2D eigenvalue weighted by molar-refractivity contribution is 7.98. The molecule has 0 saturated carbocycles. The van der Waals surface area contributed by atoms with Crippen LogP contribution < -0.4 is 10.5 Å². The molecule has 2 aromatic carbocycles. The van der Waals surface area contributed by atoms with E-state index in [4.69, 9.17) is 15.7 Å². The number of thioether (sulfide) groups is 1. The van der Waals surface area contributed by atoms with Gasteiger partial charge in [-0.25, -0.2) is 0 Å². The molecule has 102 valence electrons. The summed E-state index contributed by atoms with van der Waals surface area (Å²) < 4.78 is 5.14. The molecule has 0 aliphatic rings. The molecule has 0 aliphatic carbocycles. The van der Waals surface area contributed by atoms with Crippen LogP contribution in [0.5, 0.6) is 5.75 Å². The average Bonchev–Trinajstić information content (AvgIpc) is 2.48. The maximum absolute atomic E-state index is 9.08. The molecule has 4 heteroatoms. The van der Waals surface area contributed by atoms with E-state index in [0.29, 0.717) is 11.3 Å². The predicted molar refractivity (Wildman–Crippen MR) is 82.9 cm³/mol. The van der Waals surface area contributed by atoms with Crippen molar-refractivity contribution in [1.82, 2.24) is 0 Å². The Balaban J connectivity index is 2.11. The van der Waals surface area contributed by atoms with Gasteiger partial charge in [-0.05, 0) is 48.4 Å². The zero-order chi connectivity index (χ0) is 14.5. The molecule has 0 bridgehead atoms. The van der Waals surface area contributed by atoms with Crippen LogP contribution in [0.15, 0.2) is 41.3 Å². The summed E-state index contributed by atoms with van der Waals surface area (Å²) in [6.07, 6.45) is 0. The normalized spacial score (nSPS) is 10.1. The van der Waals surface area contributed by atoms with Crippen LogP contribution in [0.25, 0.3) is 0 Å². The number of nitrogens with two attached hydrogens (primary N) is 1. The third-order valence-corrected chi connectivity index (χ3v) is 4.10. The Morgan fingerprint density at radius 3 is 2.70 bits per heavy atom. The molecular weight excluding hydrogens is 268 g/mol. The summed E-state index contributed by atoms with van der Waals surface area (Å²) in [7, 11) is 1.57. The summed E-state index contributed by atoms with van der Waals surface area (Å²) in [5.74, 6) is 1.42. The van der Waals surface area contributed by atoms with Gasteiger partial charge in [-0.15, -0.1) is 11.8 Å². The van der Waals surface area contributed by atoms with Crippen LogP contribution in [0.1, 0.15) is 16.7 Å². The standard InChI is InChI=1S/C16H16N2OS/c1-11-7-14(4-5-15(11)18)20-10-12-3-6-16(19-2)13(8-12)9-17/h3-8H,10,18H2,1-2H3. The van der Waals surface area contributed by atoms with E-state index >= 15 is 0 Å². The van der Waals surface area contributed by atoms with Crippen LogP contribution >= 0.6 is 11.8 Å². The molecule has 2 rings (SSSR count). The maximum atomic E-state index is 9.08. The van der Waals surface area contributed by atoms with Gasteiger partial charge >= 0.3 is 0 Å². The molecule has 0 atom stereocenters. The second-order valence-corrected chi connectivity index (χ2v) is 5.50. The Kier molecular flexibility index (Phi) is 4.54. The van der Waals surface area contributed by atoms with Crippen molar-refractivity contribution < 1.29 is 4.74 Å². The van der Waals surface area contributed by atoms with Gasteiger partial charge in [0, 0.05) is 16.3 Å².